The van der Waals surface area contributed by atoms with Gasteiger partial charge in [0, 0.05) is 16.8 Å². The molecule has 162 valence electrons. The second-order valence-corrected chi connectivity index (χ2v) is 8.45. The number of hydrogen-bond acceptors (Lipinski definition) is 5. The van der Waals surface area contributed by atoms with Crippen molar-refractivity contribution in [3.05, 3.63) is 105 Å². The molecular weight excluding hydrogens is 446 g/mol. The largest absolute Gasteiger partial charge is 0.467 e. The molecule has 32 heavy (non-hydrogen) atoms. The summed E-state index contributed by atoms with van der Waals surface area (Å²) in [4.78, 5) is 29.7. The SMILES string of the molecule is O=C(Cc1csc(Cc2cccc(Cl)c2)n1)Nc1ccccc1C(=O)NCc1ccco1. The standard InChI is InChI=1S/C24H20ClN3O3S/c25-17-6-3-5-16(11-17)12-23-27-18(15-32-23)13-22(29)28-21-9-2-1-8-20(21)24(30)26-14-19-7-4-10-31-19/h1-11,15H,12-14H2,(H,26,30)(H,28,29). The number of furan rings is 1. The van der Waals surface area contributed by atoms with Gasteiger partial charge in [-0.1, -0.05) is 35.9 Å². The summed E-state index contributed by atoms with van der Waals surface area (Å²) in [6, 6.07) is 18.1. The first-order valence-corrected chi connectivity index (χ1v) is 11.2. The van der Waals surface area contributed by atoms with Crippen LogP contribution in [0.1, 0.15) is 32.4 Å². The number of carbonyl (C=O) groups is 2. The lowest BCUT2D eigenvalue weighted by molar-refractivity contribution is -0.115. The Morgan fingerprint density at radius 3 is 2.75 bits per heavy atom. The average Bonchev–Trinajstić information content (AvgIpc) is 3.44. The van der Waals surface area contributed by atoms with Gasteiger partial charge in [0.25, 0.3) is 5.91 Å². The molecule has 8 heteroatoms. The van der Waals surface area contributed by atoms with Gasteiger partial charge in [0.1, 0.15) is 5.76 Å². The van der Waals surface area contributed by atoms with Crippen molar-refractivity contribution in [2.24, 2.45) is 0 Å². The van der Waals surface area contributed by atoms with Crippen LogP contribution < -0.4 is 10.6 Å². The Labute approximate surface area is 194 Å². The van der Waals surface area contributed by atoms with E-state index in [0.717, 1.165) is 10.6 Å². The van der Waals surface area contributed by atoms with Crippen LogP contribution in [-0.2, 0) is 24.2 Å². The minimum atomic E-state index is -0.297. The third kappa shape index (κ3) is 5.84. The normalized spacial score (nSPS) is 10.7. The van der Waals surface area contributed by atoms with Crippen molar-refractivity contribution >= 4 is 40.4 Å². The van der Waals surface area contributed by atoms with Gasteiger partial charge in [0.05, 0.1) is 41.2 Å². The molecule has 2 aromatic heterocycles. The Bertz CT molecular complexity index is 1220. The second kappa shape index (κ2) is 10.3. The predicted molar refractivity (Wildman–Crippen MR) is 125 cm³/mol. The highest BCUT2D eigenvalue weighted by Crippen LogP contribution is 2.19. The van der Waals surface area contributed by atoms with E-state index in [1.54, 1.807) is 42.7 Å². The van der Waals surface area contributed by atoms with Crippen LogP contribution >= 0.6 is 22.9 Å². The van der Waals surface area contributed by atoms with E-state index in [1.165, 1.54) is 11.3 Å². The summed E-state index contributed by atoms with van der Waals surface area (Å²) < 4.78 is 5.23. The molecule has 0 bridgehead atoms. The number of anilines is 1. The van der Waals surface area contributed by atoms with Crippen molar-refractivity contribution < 1.29 is 14.0 Å². The summed E-state index contributed by atoms with van der Waals surface area (Å²) >= 11 is 7.54. The Morgan fingerprint density at radius 1 is 1.06 bits per heavy atom. The first kappa shape index (κ1) is 21.8. The zero-order chi connectivity index (χ0) is 22.3. The van der Waals surface area contributed by atoms with Crippen LogP contribution in [0.15, 0.2) is 76.7 Å². The van der Waals surface area contributed by atoms with Gasteiger partial charge in [-0.05, 0) is 42.0 Å². The maximum atomic E-state index is 12.6. The molecule has 0 fully saturated rings. The van der Waals surface area contributed by atoms with Crippen molar-refractivity contribution in [3.8, 4) is 0 Å². The number of hydrogen-bond donors (Lipinski definition) is 2. The molecule has 0 saturated carbocycles. The Morgan fingerprint density at radius 2 is 1.94 bits per heavy atom. The molecule has 0 atom stereocenters. The summed E-state index contributed by atoms with van der Waals surface area (Å²) in [5.74, 6) is 0.114. The van der Waals surface area contributed by atoms with Gasteiger partial charge in [-0.15, -0.1) is 11.3 Å². The second-order valence-electron chi connectivity index (χ2n) is 7.07. The van der Waals surface area contributed by atoms with Gasteiger partial charge in [-0.3, -0.25) is 9.59 Å². The minimum Gasteiger partial charge on any atom is -0.467 e. The Kier molecular flexibility index (Phi) is 6.99. The number of halogens is 1. The van der Waals surface area contributed by atoms with Crippen LogP contribution in [0.5, 0.6) is 0 Å². The lowest BCUT2D eigenvalue weighted by atomic mass is 10.1. The smallest absolute Gasteiger partial charge is 0.253 e. The van der Waals surface area contributed by atoms with E-state index >= 15 is 0 Å². The van der Waals surface area contributed by atoms with E-state index in [9.17, 15) is 9.59 Å². The average molecular weight is 466 g/mol. The van der Waals surface area contributed by atoms with Crippen LogP contribution in [0.3, 0.4) is 0 Å². The molecule has 2 amide bonds. The molecule has 0 aliphatic carbocycles. The lowest BCUT2D eigenvalue weighted by Crippen LogP contribution is -2.25. The number of carbonyl (C=O) groups excluding carboxylic acids is 2. The zero-order valence-electron chi connectivity index (χ0n) is 17.0. The highest BCUT2D eigenvalue weighted by atomic mass is 35.5. The molecule has 0 radical (unpaired) electrons. The first-order chi connectivity index (χ1) is 15.6. The quantitative estimate of drug-likeness (QED) is 0.379. The van der Waals surface area contributed by atoms with Crippen LogP contribution in [0.4, 0.5) is 5.69 Å². The number of rotatable bonds is 8. The molecule has 6 nitrogen and oxygen atoms in total. The Hall–Kier alpha value is -3.42. The summed E-state index contributed by atoms with van der Waals surface area (Å²) in [6.07, 6.45) is 2.33. The van der Waals surface area contributed by atoms with Crippen LogP contribution in [0, 0.1) is 0 Å². The van der Waals surface area contributed by atoms with E-state index < -0.39 is 0 Å². The molecule has 4 rings (SSSR count). The van der Waals surface area contributed by atoms with Crippen molar-refractivity contribution in [1.29, 1.82) is 0 Å². The number of amides is 2. The van der Waals surface area contributed by atoms with Crippen molar-refractivity contribution in [3.63, 3.8) is 0 Å². The van der Waals surface area contributed by atoms with Crippen LogP contribution in [0.25, 0.3) is 0 Å². The van der Waals surface area contributed by atoms with Crippen LogP contribution in [0.2, 0.25) is 5.02 Å². The molecule has 2 N–H and O–H groups in total. The lowest BCUT2D eigenvalue weighted by Gasteiger charge is -2.10. The van der Waals surface area contributed by atoms with Gasteiger partial charge in [0.15, 0.2) is 0 Å². The first-order valence-electron chi connectivity index (χ1n) is 9.94. The number of benzene rings is 2. The number of nitrogens with one attached hydrogen (secondary N) is 2. The fourth-order valence-corrected chi connectivity index (χ4v) is 4.20. The fourth-order valence-electron chi connectivity index (χ4n) is 3.16. The fraction of sp³-hybridized carbons (Fsp3) is 0.125. The third-order valence-corrected chi connectivity index (χ3v) is 5.77. The summed E-state index contributed by atoms with van der Waals surface area (Å²) in [5.41, 5.74) is 2.58. The number of aromatic nitrogens is 1. The van der Waals surface area contributed by atoms with Gasteiger partial charge < -0.3 is 15.1 Å². The van der Waals surface area contributed by atoms with Gasteiger partial charge >= 0.3 is 0 Å². The van der Waals surface area contributed by atoms with Crippen molar-refractivity contribution in [2.45, 2.75) is 19.4 Å². The number of thiazole rings is 1. The summed E-state index contributed by atoms with van der Waals surface area (Å²) in [7, 11) is 0. The Balaban J connectivity index is 1.36. The molecular formula is C24H20ClN3O3S. The number of para-hydroxylation sites is 1. The summed E-state index contributed by atoms with van der Waals surface area (Å²) in [6.45, 7) is 0.266. The molecule has 2 aromatic carbocycles. The van der Waals surface area contributed by atoms with E-state index in [2.05, 4.69) is 15.6 Å². The van der Waals surface area contributed by atoms with Gasteiger partial charge in [0.2, 0.25) is 5.91 Å². The molecule has 0 spiro atoms. The van der Waals surface area contributed by atoms with Crippen molar-refractivity contribution in [1.82, 2.24) is 10.3 Å². The zero-order valence-corrected chi connectivity index (χ0v) is 18.6. The van der Waals surface area contributed by atoms with E-state index in [0.29, 0.717) is 34.1 Å². The van der Waals surface area contributed by atoms with E-state index in [1.807, 2.05) is 29.6 Å². The third-order valence-electron chi connectivity index (χ3n) is 4.63. The molecule has 0 unspecified atom stereocenters. The topological polar surface area (TPSA) is 84.2 Å². The molecule has 2 heterocycles. The highest BCUT2D eigenvalue weighted by Gasteiger charge is 2.15. The van der Waals surface area contributed by atoms with E-state index in [-0.39, 0.29) is 24.8 Å². The van der Waals surface area contributed by atoms with Crippen molar-refractivity contribution in [2.75, 3.05) is 5.32 Å². The summed E-state index contributed by atoms with van der Waals surface area (Å²) in [5, 5.41) is 9.09. The molecule has 4 aromatic rings. The maximum absolute atomic E-state index is 12.6. The maximum Gasteiger partial charge on any atom is 0.253 e. The minimum absolute atomic E-state index is 0.119. The van der Waals surface area contributed by atoms with Gasteiger partial charge in [-0.2, -0.15) is 0 Å². The predicted octanol–water partition coefficient (Wildman–Crippen LogP) is 5.09. The van der Waals surface area contributed by atoms with Crippen LogP contribution in [-0.4, -0.2) is 16.8 Å². The molecule has 0 aliphatic rings. The monoisotopic (exact) mass is 465 g/mol. The number of nitrogens with zero attached hydrogens (tertiary/aromatic N) is 1. The highest BCUT2D eigenvalue weighted by molar-refractivity contribution is 7.09. The molecule has 0 aliphatic heterocycles. The van der Waals surface area contributed by atoms with E-state index in [4.69, 9.17) is 16.0 Å². The van der Waals surface area contributed by atoms with Gasteiger partial charge in [-0.25, -0.2) is 4.98 Å². The molecule has 0 saturated heterocycles.